The molecule has 1 heterocycles. The summed E-state index contributed by atoms with van der Waals surface area (Å²) in [5, 5.41) is 15.0. The highest BCUT2D eigenvalue weighted by atomic mass is 16.5. The van der Waals surface area contributed by atoms with Crippen molar-refractivity contribution in [3.8, 4) is 0 Å². The Morgan fingerprint density at radius 2 is 1.54 bits per heavy atom. The number of nitrogens with one attached hydrogen (secondary N) is 1. The van der Waals surface area contributed by atoms with Crippen LogP contribution in [0.3, 0.4) is 0 Å². The maximum absolute atomic E-state index is 12.5. The molecule has 4 heteroatoms. The van der Waals surface area contributed by atoms with Crippen LogP contribution in [0.2, 0.25) is 0 Å². The van der Waals surface area contributed by atoms with Crippen molar-refractivity contribution < 1.29 is 10.0 Å². The maximum Gasteiger partial charge on any atom is 0.220 e. The molecule has 0 saturated carbocycles. The monoisotopic (exact) mass is 340 g/mol. The number of hydrogen-bond acceptors (Lipinski definition) is 3. The van der Waals surface area contributed by atoms with Crippen LogP contribution in [0.1, 0.15) is 87.5 Å². The van der Waals surface area contributed by atoms with Crippen LogP contribution in [0.15, 0.2) is 0 Å². The van der Waals surface area contributed by atoms with Gasteiger partial charge in [0.25, 0.3) is 0 Å². The van der Waals surface area contributed by atoms with Crippen LogP contribution in [0.4, 0.5) is 0 Å². The van der Waals surface area contributed by atoms with E-state index in [1.165, 1.54) is 17.9 Å². The predicted molar refractivity (Wildman–Crippen MR) is 100.0 cm³/mol. The summed E-state index contributed by atoms with van der Waals surface area (Å²) in [7, 11) is 0. The molecule has 0 spiro atoms. The third-order valence-electron chi connectivity index (χ3n) is 5.68. The standard InChI is InChI=1S/C20H40N2O2/c1-14(2)9-10-15(3)16(4)11-18(23)21-17-12-19(5,6)22(24)20(7,8)13-17/h14-17,24H,9-13H2,1-8H3,(H,21,23)/t15?,16-/m0/s1. The Labute approximate surface area is 149 Å². The zero-order valence-electron chi connectivity index (χ0n) is 17.1. The van der Waals surface area contributed by atoms with Gasteiger partial charge in [0.15, 0.2) is 0 Å². The number of piperidine rings is 1. The third kappa shape index (κ3) is 6.03. The molecule has 1 saturated heterocycles. The third-order valence-corrected chi connectivity index (χ3v) is 5.68. The Bertz CT molecular complexity index is 400. The number of carbonyl (C=O) groups is 1. The van der Waals surface area contributed by atoms with E-state index in [1.54, 1.807) is 0 Å². The molecule has 1 unspecified atom stereocenters. The van der Waals surface area contributed by atoms with E-state index in [-0.39, 0.29) is 23.0 Å². The molecule has 0 radical (unpaired) electrons. The van der Waals surface area contributed by atoms with Gasteiger partial charge in [0, 0.05) is 23.5 Å². The van der Waals surface area contributed by atoms with Crippen LogP contribution in [0.5, 0.6) is 0 Å². The molecule has 0 aromatic heterocycles. The van der Waals surface area contributed by atoms with Gasteiger partial charge >= 0.3 is 0 Å². The van der Waals surface area contributed by atoms with Crippen LogP contribution < -0.4 is 5.32 Å². The molecule has 142 valence electrons. The number of hydrogen-bond donors (Lipinski definition) is 2. The molecule has 1 rings (SSSR count). The summed E-state index contributed by atoms with van der Waals surface area (Å²) in [6.45, 7) is 17.1. The molecule has 2 N–H and O–H groups in total. The first-order valence-corrected chi connectivity index (χ1v) is 9.63. The van der Waals surface area contributed by atoms with Gasteiger partial charge in [-0.05, 0) is 58.3 Å². The summed E-state index contributed by atoms with van der Waals surface area (Å²) in [6, 6.07) is 0.129. The second kappa shape index (κ2) is 8.18. The van der Waals surface area contributed by atoms with Crippen molar-refractivity contribution in [2.75, 3.05) is 0 Å². The van der Waals surface area contributed by atoms with Gasteiger partial charge in [-0.3, -0.25) is 4.79 Å². The van der Waals surface area contributed by atoms with Crippen LogP contribution in [0.25, 0.3) is 0 Å². The summed E-state index contributed by atoms with van der Waals surface area (Å²) in [4.78, 5) is 12.5. The van der Waals surface area contributed by atoms with Gasteiger partial charge in [0.2, 0.25) is 5.91 Å². The largest absolute Gasteiger partial charge is 0.353 e. The molecular weight excluding hydrogens is 300 g/mol. The molecule has 24 heavy (non-hydrogen) atoms. The quantitative estimate of drug-likeness (QED) is 0.711. The lowest BCUT2D eigenvalue weighted by molar-refractivity contribution is -0.246. The van der Waals surface area contributed by atoms with Crippen molar-refractivity contribution in [2.45, 2.75) is 105 Å². The topological polar surface area (TPSA) is 52.6 Å². The van der Waals surface area contributed by atoms with Crippen molar-refractivity contribution in [3.05, 3.63) is 0 Å². The zero-order chi connectivity index (χ0) is 18.7. The highest BCUT2D eigenvalue weighted by Gasteiger charge is 2.45. The van der Waals surface area contributed by atoms with E-state index in [4.69, 9.17) is 0 Å². The van der Waals surface area contributed by atoms with E-state index in [2.05, 4.69) is 33.0 Å². The van der Waals surface area contributed by atoms with Gasteiger partial charge in [-0.15, -0.1) is 0 Å². The summed E-state index contributed by atoms with van der Waals surface area (Å²) < 4.78 is 0. The van der Waals surface area contributed by atoms with Crippen LogP contribution in [-0.4, -0.2) is 33.3 Å². The fourth-order valence-electron chi connectivity index (χ4n) is 4.03. The Morgan fingerprint density at radius 3 is 2.00 bits per heavy atom. The van der Waals surface area contributed by atoms with Crippen molar-refractivity contribution >= 4 is 5.91 Å². The van der Waals surface area contributed by atoms with Gasteiger partial charge in [0.1, 0.15) is 0 Å². The fraction of sp³-hybridized carbons (Fsp3) is 0.950. The van der Waals surface area contributed by atoms with E-state index in [0.717, 1.165) is 18.8 Å². The second-order valence-electron chi connectivity index (χ2n) is 9.74. The Balaban J connectivity index is 2.53. The lowest BCUT2D eigenvalue weighted by atomic mass is 9.79. The van der Waals surface area contributed by atoms with E-state index in [1.807, 2.05) is 27.7 Å². The van der Waals surface area contributed by atoms with Gasteiger partial charge in [0.05, 0.1) is 0 Å². The van der Waals surface area contributed by atoms with Crippen molar-refractivity contribution in [1.29, 1.82) is 0 Å². The first-order valence-electron chi connectivity index (χ1n) is 9.63. The number of rotatable bonds is 7. The lowest BCUT2D eigenvalue weighted by Crippen LogP contribution is -2.63. The molecular formula is C20H40N2O2. The predicted octanol–water partition coefficient (Wildman–Crippen LogP) is 4.61. The van der Waals surface area contributed by atoms with Crippen molar-refractivity contribution in [1.82, 2.24) is 10.4 Å². The minimum absolute atomic E-state index is 0.129. The lowest BCUT2D eigenvalue weighted by Gasteiger charge is -2.51. The molecule has 2 atom stereocenters. The molecule has 0 aromatic carbocycles. The number of hydroxylamine groups is 2. The fourth-order valence-corrected chi connectivity index (χ4v) is 4.03. The Kier molecular flexibility index (Phi) is 7.30. The summed E-state index contributed by atoms with van der Waals surface area (Å²) in [6.07, 6.45) is 4.56. The van der Waals surface area contributed by atoms with Crippen molar-refractivity contribution in [2.24, 2.45) is 17.8 Å². The molecule has 1 aliphatic heterocycles. The molecule has 0 bridgehead atoms. The normalized spacial score (nSPS) is 23.9. The van der Waals surface area contributed by atoms with Gasteiger partial charge in [-0.25, -0.2) is 0 Å². The molecule has 0 aromatic rings. The van der Waals surface area contributed by atoms with Crippen molar-refractivity contribution in [3.63, 3.8) is 0 Å². The summed E-state index contributed by atoms with van der Waals surface area (Å²) >= 11 is 0. The first kappa shape index (κ1) is 21.4. The van der Waals surface area contributed by atoms with Crippen LogP contribution in [0, 0.1) is 17.8 Å². The Morgan fingerprint density at radius 1 is 1.04 bits per heavy atom. The minimum Gasteiger partial charge on any atom is -0.353 e. The highest BCUT2D eigenvalue weighted by molar-refractivity contribution is 5.76. The molecule has 1 fully saturated rings. The number of amides is 1. The van der Waals surface area contributed by atoms with Gasteiger partial charge in [-0.2, -0.15) is 5.06 Å². The average Bonchev–Trinajstić information content (AvgIpc) is 2.41. The van der Waals surface area contributed by atoms with E-state index >= 15 is 0 Å². The molecule has 1 aliphatic rings. The molecule has 1 amide bonds. The van der Waals surface area contributed by atoms with Crippen LogP contribution in [-0.2, 0) is 4.79 Å². The minimum atomic E-state index is -0.324. The molecule has 4 nitrogen and oxygen atoms in total. The smallest absolute Gasteiger partial charge is 0.220 e. The summed E-state index contributed by atoms with van der Waals surface area (Å²) in [5.74, 6) is 1.86. The van der Waals surface area contributed by atoms with E-state index in [0.29, 0.717) is 18.3 Å². The van der Waals surface area contributed by atoms with Gasteiger partial charge in [-0.1, -0.05) is 40.5 Å². The molecule has 0 aliphatic carbocycles. The van der Waals surface area contributed by atoms with Gasteiger partial charge < -0.3 is 10.5 Å². The van der Waals surface area contributed by atoms with E-state index in [9.17, 15) is 10.0 Å². The summed E-state index contributed by atoms with van der Waals surface area (Å²) in [5.41, 5.74) is -0.647. The Hall–Kier alpha value is -0.610. The average molecular weight is 341 g/mol. The maximum atomic E-state index is 12.5. The first-order chi connectivity index (χ1) is 10.8. The number of carbonyl (C=O) groups excluding carboxylic acids is 1. The van der Waals surface area contributed by atoms with Crippen LogP contribution >= 0.6 is 0 Å². The highest BCUT2D eigenvalue weighted by Crippen LogP contribution is 2.36. The van der Waals surface area contributed by atoms with E-state index < -0.39 is 0 Å². The number of nitrogens with zero attached hydrogens (tertiary/aromatic N) is 1. The SMILES string of the molecule is CC(C)CCC(C)[C@@H](C)CC(=O)NC1CC(C)(C)N(O)C(C)(C)C1. The second-order valence-corrected chi connectivity index (χ2v) is 9.74. The zero-order valence-corrected chi connectivity index (χ0v) is 17.1.